The molecular weight excluding hydrogens is 340 g/mol. The fourth-order valence-corrected chi connectivity index (χ4v) is 2.72. The van der Waals surface area contributed by atoms with Crippen molar-refractivity contribution in [3.63, 3.8) is 0 Å². The average molecular weight is 361 g/mol. The number of rotatable bonds is 7. The Balaban J connectivity index is 1.94. The molecule has 0 fully saturated rings. The Kier molecular flexibility index (Phi) is 6.83. The lowest BCUT2D eigenvalue weighted by atomic mass is 10.1. The second kappa shape index (κ2) is 9.08. The van der Waals surface area contributed by atoms with Gasteiger partial charge in [-0.25, -0.2) is 0 Å². The molecule has 0 heterocycles. The third-order valence-electron chi connectivity index (χ3n) is 3.73. The molecule has 0 aliphatic rings. The standard InChI is InChI=1S/C19H21ClN2O3/c1-14(23)22(17-9-5-4-8-16(17)20)13-19(24)21-12-11-15-7-3-6-10-18(15)25-2/h3-10H,11-13H2,1-2H3,(H,21,24). The van der Waals surface area contributed by atoms with Crippen LogP contribution in [0.25, 0.3) is 0 Å². The van der Waals surface area contributed by atoms with E-state index in [-0.39, 0.29) is 18.4 Å². The molecule has 6 heteroatoms. The molecule has 0 atom stereocenters. The zero-order valence-corrected chi connectivity index (χ0v) is 15.0. The van der Waals surface area contributed by atoms with E-state index >= 15 is 0 Å². The monoisotopic (exact) mass is 360 g/mol. The van der Waals surface area contributed by atoms with Crippen LogP contribution in [0.4, 0.5) is 5.69 Å². The molecule has 0 saturated heterocycles. The van der Waals surface area contributed by atoms with Crippen LogP contribution in [0.1, 0.15) is 12.5 Å². The summed E-state index contributed by atoms with van der Waals surface area (Å²) >= 11 is 6.12. The molecule has 1 N–H and O–H groups in total. The van der Waals surface area contributed by atoms with Crippen LogP contribution in [-0.2, 0) is 16.0 Å². The van der Waals surface area contributed by atoms with Crippen molar-refractivity contribution in [3.8, 4) is 5.75 Å². The molecular formula is C19H21ClN2O3. The summed E-state index contributed by atoms with van der Waals surface area (Å²) in [6, 6.07) is 14.6. The largest absolute Gasteiger partial charge is 0.496 e. The maximum absolute atomic E-state index is 12.2. The maximum Gasteiger partial charge on any atom is 0.240 e. The SMILES string of the molecule is COc1ccccc1CCNC(=O)CN(C(C)=O)c1ccccc1Cl. The summed E-state index contributed by atoms with van der Waals surface area (Å²) in [5, 5.41) is 3.26. The van der Waals surface area contributed by atoms with E-state index in [0.29, 0.717) is 23.7 Å². The molecule has 0 radical (unpaired) electrons. The minimum atomic E-state index is -0.245. The van der Waals surface area contributed by atoms with Gasteiger partial charge in [0.2, 0.25) is 11.8 Å². The molecule has 0 aliphatic heterocycles. The number of hydrogen-bond donors (Lipinski definition) is 1. The van der Waals surface area contributed by atoms with Crippen LogP contribution in [-0.4, -0.2) is 32.0 Å². The number of halogens is 1. The van der Waals surface area contributed by atoms with Crippen molar-refractivity contribution in [2.45, 2.75) is 13.3 Å². The molecule has 2 rings (SSSR count). The van der Waals surface area contributed by atoms with E-state index in [9.17, 15) is 9.59 Å². The fraction of sp³-hybridized carbons (Fsp3) is 0.263. The van der Waals surface area contributed by atoms with Crippen molar-refractivity contribution >= 4 is 29.1 Å². The Morgan fingerprint density at radius 2 is 1.80 bits per heavy atom. The quantitative estimate of drug-likeness (QED) is 0.825. The normalized spacial score (nSPS) is 10.2. The lowest BCUT2D eigenvalue weighted by molar-refractivity contribution is -0.123. The van der Waals surface area contributed by atoms with Crippen LogP contribution in [0.5, 0.6) is 5.75 Å². The van der Waals surface area contributed by atoms with E-state index in [0.717, 1.165) is 11.3 Å². The number of nitrogens with zero attached hydrogens (tertiary/aromatic N) is 1. The molecule has 2 aromatic rings. The van der Waals surface area contributed by atoms with Gasteiger partial charge in [0.15, 0.2) is 0 Å². The minimum Gasteiger partial charge on any atom is -0.496 e. The van der Waals surface area contributed by atoms with Gasteiger partial charge >= 0.3 is 0 Å². The number of methoxy groups -OCH3 is 1. The topological polar surface area (TPSA) is 58.6 Å². The first kappa shape index (κ1) is 18.8. The highest BCUT2D eigenvalue weighted by atomic mass is 35.5. The first-order chi connectivity index (χ1) is 12.0. The second-order valence-corrected chi connectivity index (χ2v) is 5.88. The fourth-order valence-electron chi connectivity index (χ4n) is 2.48. The molecule has 25 heavy (non-hydrogen) atoms. The van der Waals surface area contributed by atoms with Crippen LogP contribution in [0.15, 0.2) is 48.5 Å². The summed E-state index contributed by atoms with van der Waals surface area (Å²) in [5.74, 6) is 0.302. The van der Waals surface area contributed by atoms with E-state index < -0.39 is 0 Å². The van der Waals surface area contributed by atoms with Gasteiger partial charge in [0.25, 0.3) is 0 Å². The van der Waals surface area contributed by atoms with Crippen molar-refractivity contribution in [3.05, 3.63) is 59.1 Å². The molecule has 2 amide bonds. The van der Waals surface area contributed by atoms with Gasteiger partial charge in [0, 0.05) is 13.5 Å². The van der Waals surface area contributed by atoms with Gasteiger partial charge in [0.1, 0.15) is 12.3 Å². The highest BCUT2D eigenvalue weighted by Crippen LogP contribution is 2.25. The number of carbonyl (C=O) groups excluding carboxylic acids is 2. The van der Waals surface area contributed by atoms with Gasteiger partial charge in [-0.15, -0.1) is 0 Å². The van der Waals surface area contributed by atoms with Crippen LogP contribution in [0, 0.1) is 0 Å². The zero-order valence-electron chi connectivity index (χ0n) is 14.3. The highest BCUT2D eigenvalue weighted by molar-refractivity contribution is 6.33. The number of anilines is 1. The lowest BCUT2D eigenvalue weighted by Gasteiger charge is -2.21. The van der Waals surface area contributed by atoms with Gasteiger partial charge in [-0.3, -0.25) is 9.59 Å². The minimum absolute atomic E-state index is 0.0784. The van der Waals surface area contributed by atoms with Gasteiger partial charge in [-0.05, 0) is 30.2 Å². The van der Waals surface area contributed by atoms with Crippen LogP contribution >= 0.6 is 11.6 Å². The second-order valence-electron chi connectivity index (χ2n) is 5.47. The summed E-state index contributed by atoms with van der Waals surface area (Å²) in [4.78, 5) is 25.5. The van der Waals surface area contributed by atoms with Crippen LogP contribution < -0.4 is 15.0 Å². The summed E-state index contributed by atoms with van der Waals surface area (Å²) in [6.07, 6.45) is 0.641. The van der Waals surface area contributed by atoms with Crippen molar-refractivity contribution in [1.29, 1.82) is 0 Å². The molecule has 0 spiro atoms. The summed E-state index contributed by atoms with van der Waals surface area (Å²) in [5.41, 5.74) is 1.54. The van der Waals surface area contributed by atoms with Crippen molar-refractivity contribution < 1.29 is 14.3 Å². The van der Waals surface area contributed by atoms with E-state index in [4.69, 9.17) is 16.3 Å². The van der Waals surface area contributed by atoms with Crippen molar-refractivity contribution in [1.82, 2.24) is 5.32 Å². The number of nitrogens with one attached hydrogen (secondary N) is 1. The summed E-state index contributed by atoms with van der Waals surface area (Å²) < 4.78 is 5.29. The first-order valence-electron chi connectivity index (χ1n) is 7.94. The molecule has 0 aromatic heterocycles. The molecule has 0 aliphatic carbocycles. The Hall–Kier alpha value is -2.53. The molecule has 0 bridgehead atoms. The van der Waals surface area contributed by atoms with Gasteiger partial charge in [-0.1, -0.05) is 41.9 Å². The van der Waals surface area contributed by atoms with E-state index in [1.165, 1.54) is 11.8 Å². The smallest absolute Gasteiger partial charge is 0.240 e. The zero-order chi connectivity index (χ0) is 18.2. The Bertz CT molecular complexity index is 749. The average Bonchev–Trinajstić information content (AvgIpc) is 2.60. The first-order valence-corrected chi connectivity index (χ1v) is 8.32. The number of benzene rings is 2. The van der Waals surface area contributed by atoms with Crippen molar-refractivity contribution in [2.75, 3.05) is 25.1 Å². The van der Waals surface area contributed by atoms with Crippen molar-refractivity contribution in [2.24, 2.45) is 0 Å². The molecule has 0 saturated carbocycles. The predicted octanol–water partition coefficient (Wildman–Crippen LogP) is 3.06. The Morgan fingerprint density at radius 3 is 2.48 bits per heavy atom. The number of amides is 2. The third-order valence-corrected chi connectivity index (χ3v) is 4.05. The number of ether oxygens (including phenoxy) is 1. The highest BCUT2D eigenvalue weighted by Gasteiger charge is 2.17. The van der Waals surface area contributed by atoms with E-state index in [1.807, 2.05) is 24.3 Å². The lowest BCUT2D eigenvalue weighted by Crippen LogP contribution is -2.40. The maximum atomic E-state index is 12.2. The van der Waals surface area contributed by atoms with Crippen LogP contribution in [0.2, 0.25) is 5.02 Å². The third kappa shape index (κ3) is 5.22. The van der Waals surface area contributed by atoms with Gasteiger partial charge in [0.05, 0.1) is 17.8 Å². The summed E-state index contributed by atoms with van der Waals surface area (Å²) in [7, 11) is 1.62. The van der Waals surface area contributed by atoms with Gasteiger partial charge in [-0.2, -0.15) is 0 Å². The number of para-hydroxylation sites is 2. The molecule has 0 unspecified atom stereocenters. The number of hydrogen-bond acceptors (Lipinski definition) is 3. The Morgan fingerprint density at radius 1 is 1.12 bits per heavy atom. The van der Waals surface area contributed by atoms with E-state index in [2.05, 4.69) is 5.32 Å². The Labute approximate surface area is 152 Å². The molecule has 2 aromatic carbocycles. The van der Waals surface area contributed by atoms with E-state index in [1.54, 1.807) is 31.4 Å². The summed E-state index contributed by atoms with van der Waals surface area (Å²) in [6.45, 7) is 1.78. The predicted molar refractivity (Wildman–Crippen MR) is 99.2 cm³/mol. The number of carbonyl (C=O) groups is 2. The van der Waals surface area contributed by atoms with Gasteiger partial charge < -0.3 is 15.0 Å². The molecule has 5 nitrogen and oxygen atoms in total. The molecule has 132 valence electrons. The van der Waals surface area contributed by atoms with Crippen LogP contribution in [0.3, 0.4) is 0 Å².